The Morgan fingerprint density at radius 1 is 1.53 bits per heavy atom. The standard InChI is InChI=1S/C10H13N5/c11-5-8-1-4-15(7-8)10-9(6-12)13-2-3-14-10/h2-3,8H,1,4-5,7,11H2. The molecular weight excluding hydrogens is 190 g/mol. The SMILES string of the molecule is N#Cc1nccnc1N1CCC(CN)C1. The molecule has 15 heavy (non-hydrogen) atoms. The molecule has 1 saturated heterocycles. The van der Waals surface area contributed by atoms with Gasteiger partial charge in [0.1, 0.15) is 6.07 Å². The van der Waals surface area contributed by atoms with Crippen molar-refractivity contribution in [2.45, 2.75) is 6.42 Å². The zero-order chi connectivity index (χ0) is 10.7. The molecule has 0 spiro atoms. The van der Waals surface area contributed by atoms with Gasteiger partial charge < -0.3 is 10.6 Å². The molecule has 1 atom stereocenters. The van der Waals surface area contributed by atoms with Gasteiger partial charge in [0.25, 0.3) is 0 Å². The highest BCUT2D eigenvalue weighted by Crippen LogP contribution is 2.22. The molecule has 1 aromatic heterocycles. The fraction of sp³-hybridized carbons (Fsp3) is 0.500. The van der Waals surface area contributed by atoms with Crippen molar-refractivity contribution in [1.82, 2.24) is 9.97 Å². The number of nitrogens with zero attached hydrogens (tertiary/aromatic N) is 4. The van der Waals surface area contributed by atoms with Crippen molar-refractivity contribution in [3.05, 3.63) is 18.1 Å². The predicted octanol–water partition coefficient (Wildman–Crippen LogP) is 0.133. The molecule has 1 unspecified atom stereocenters. The molecular formula is C10H13N5. The highest BCUT2D eigenvalue weighted by Gasteiger charge is 2.24. The molecule has 1 aliphatic heterocycles. The zero-order valence-corrected chi connectivity index (χ0v) is 8.43. The van der Waals surface area contributed by atoms with Crippen molar-refractivity contribution in [2.24, 2.45) is 11.7 Å². The van der Waals surface area contributed by atoms with Crippen LogP contribution in [0.2, 0.25) is 0 Å². The van der Waals surface area contributed by atoms with E-state index in [-0.39, 0.29) is 0 Å². The molecule has 0 bridgehead atoms. The second-order valence-corrected chi connectivity index (χ2v) is 3.68. The molecule has 1 aliphatic rings. The fourth-order valence-electron chi connectivity index (χ4n) is 1.86. The highest BCUT2D eigenvalue weighted by molar-refractivity contribution is 5.50. The summed E-state index contributed by atoms with van der Waals surface area (Å²) in [7, 11) is 0. The first-order chi connectivity index (χ1) is 7.35. The first-order valence-corrected chi connectivity index (χ1v) is 5.01. The average Bonchev–Trinajstić information content (AvgIpc) is 2.77. The molecule has 0 radical (unpaired) electrons. The third kappa shape index (κ3) is 1.90. The Labute approximate surface area is 88.5 Å². The number of anilines is 1. The minimum atomic E-state index is 0.398. The summed E-state index contributed by atoms with van der Waals surface area (Å²) in [5.74, 6) is 1.20. The summed E-state index contributed by atoms with van der Waals surface area (Å²) >= 11 is 0. The Hall–Kier alpha value is -1.67. The maximum Gasteiger partial charge on any atom is 0.183 e. The first kappa shape index (κ1) is 9.87. The summed E-state index contributed by atoms with van der Waals surface area (Å²) in [6.45, 7) is 2.48. The van der Waals surface area contributed by atoms with Crippen LogP contribution in [0, 0.1) is 17.2 Å². The lowest BCUT2D eigenvalue weighted by Gasteiger charge is -2.17. The first-order valence-electron chi connectivity index (χ1n) is 5.01. The number of hydrogen-bond acceptors (Lipinski definition) is 5. The van der Waals surface area contributed by atoms with Crippen molar-refractivity contribution in [2.75, 3.05) is 24.5 Å². The van der Waals surface area contributed by atoms with Gasteiger partial charge in [0, 0.05) is 25.5 Å². The van der Waals surface area contributed by atoms with E-state index in [9.17, 15) is 0 Å². The molecule has 5 heteroatoms. The van der Waals surface area contributed by atoms with Crippen molar-refractivity contribution in [3.63, 3.8) is 0 Å². The summed E-state index contributed by atoms with van der Waals surface area (Å²) in [4.78, 5) is 10.3. The largest absolute Gasteiger partial charge is 0.354 e. The summed E-state index contributed by atoms with van der Waals surface area (Å²) in [5, 5.41) is 8.90. The molecule has 1 aromatic rings. The van der Waals surface area contributed by atoms with Crippen LogP contribution < -0.4 is 10.6 Å². The van der Waals surface area contributed by atoms with Crippen molar-refractivity contribution in [1.29, 1.82) is 5.26 Å². The van der Waals surface area contributed by atoms with Crippen LogP contribution in [0.5, 0.6) is 0 Å². The summed E-state index contributed by atoms with van der Waals surface area (Å²) < 4.78 is 0. The lowest BCUT2D eigenvalue weighted by Crippen LogP contribution is -2.24. The van der Waals surface area contributed by atoms with E-state index in [1.807, 2.05) is 0 Å². The van der Waals surface area contributed by atoms with Gasteiger partial charge in [-0.05, 0) is 18.9 Å². The maximum atomic E-state index is 8.90. The number of rotatable bonds is 2. The topological polar surface area (TPSA) is 78.8 Å². The Kier molecular flexibility index (Phi) is 2.79. The predicted molar refractivity (Wildman–Crippen MR) is 56.1 cm³/mol. The van der Waals surface area contributed by atoms with Crippen LogP contribution in [0.25, 0.3) is 0 Å². The molecule has 0 saturated carbocycles. The van der Waals surface area contributed by atoms with Gasteiger partial charge in [0.2, 0.25) is 0 Å². The van der Waals surface area contributed by atoms with E-state index in [4.69, 9.17) is 11.0 Å². The Balaban J connectivity index is 2.20. The van der Waals surface area contributed by atoms with Gasteiger partial charge >= 0.3 is 0 Å². The average molecular weight is 203 g/mol. The molecule has 2 N–H and O–H groups in total. The van der Waals surface area contributed by atoms with Crippen molar-refractivity contribution < 1.29 is 0 Å². The van der Waals surface area contributed by atoms with Crippen LogP contribution in [0.1, 0.15) is 12.1 Å². The van der Waals surface area contributed by atoms with Gasteiger partial charge in [-0.3, -0.25) is 0 Å². The van der Waals surface area contributed by atoms with E-state index < -0.39 is 0 Å². The van der Waals surface area contributed by atoms with Gasteiger partial charge in [0.15, 0.2) is 11.5 Å². The fourth-order valence-corrected chi connectivity index (χ4v) is 1.86. The van der Waals surface area contributed by atoms with Crippen molar-refractivity contribution in [3.8, 4) is 6.07 Å². The molecule has 78 valence electrons. The lowest BCUT2D eigenvalue weighted by molar-refractivity contribution is 0.602. The second kappa shape index (κ2) is 4.24. The number of nitriles is 1. The van der Waals surface area contributed by atoms with Crippen LogP contribution in [0.15, 0.2) is 12.4 Å². The number of aromatic nitrogens is 2. The quantitative estimate of drug-likeness (QED) is 0.739. The van der Waals surface area contributed by atoms with Crippen LogP contribution in [0.4, 0.5) is 5.82 Å². The zero-order valence-electron chi connectivity index (χ0n) is 8.43. The van der Waals surface area contributed by atoms with E-state index in [2.05, 4.69) is 20.9 Å². The molecule has 5 nitrogen and oxygen atoms in total. The Morgan fingerprint density at radius 2 is 2.33 bits per heavy atom. The van der Waals surface area contributed by atoms with Crippen LogP contribution in [0.3, 0.4) is 0 Å². The highest BCUT2D eigenvalue weighted by atomic mass is 15.2. The molecule has 0 amide bonds. The van der Waals surface area contributed by atoms with Gasteiger partial charge in [0.05, 0.1) is 0 Å². The van der Waals surface area contributed by atoms with Crippen LogP contribution in [-0.2, 0) is 0 Å². The third-order valence-electron chi connectivity index (χ3n) is 2.70. The maximum absolute atomic E-state index is 8.90. The van der Waals surface area contributed by atoms with Crippen molar-refractivity contribution >= 4 is 5.82 Å². The number of nitrogens with two attached hydrogens (primary N) is 1. The van der Waals surface area contributed by atoms with Gasteiger partial charge in [-0.1, -0.05) is 0 Å². The Bertz CT molecular complexity index is 384. The van der Waals surface area contributed by atoms with Crippen LogP contribution in [-0.4, -0.2) is 29.6 Å². The van der Waals surface area contributed by atoms with E-state index in [1.165, 1.54) is 0 Å². The van der Waals surface area contributed by atoms with E-state index in [1.54, 1.807) is 12.4 Å². The summed E-state index contributed by atoms with van der Waals surface area (Å²) in [6.07, 6.45) is 4.22. The van der Waals surface area contributed by atoms with Gasteiger partial charge in [-0.15, -0.1) is 0 Å². The summed E-state index contributed by atoms with van der Waals surface area (Å²) in [6, 6.07) is 2.06. The molecule has 2 heterocycles. The van der Waals surface area contributed by atoms with E-state index >= 15 is 0 Å². The lowest BCUT2D eigenvalue weighted by atomic mass is 10.1. The third-order valence-corrected chi connectivity index (χ3v) is 2.70. The molecule has 0 aliphatic carbocycles. The van der Waals surface area contributed by atoms with E-state index in [0.717, 1.165) is 19.5 Å². The van der Waals surface area contributed by atoms with Gasteiger partial charge in [-0.2, -0.15) is 5.26 Å². The van der Waals surface area contributed by atoms with Gasteiger partial charge in [-0.25, -0.2) is 9.97 Å². The normalized spacial score (nSPS) is 20.3. The monoisotopic (exact) mass is 203 g/mol. The van der Waals surface area contributed by atoms with E-state index in [0.29, 0.717) is 24.0 Å². The minimum Gasteiger partial charge on any atom is -0.354 e. The smallest absolute Gasteiger partial charge is 0.183 e. The van der Waals surface area contributed by atoms with Crippen LogP contribution >= 0.6 is 0 Å². The Morgan fingerprint density at radius 3 is 3.00 bits per heavy atom. The molecule has 0 aromatic carbocycles. The number of hydrogen-bond donors (Lipinski definition) is 1. The molecule has 1 fully saturated rings. The second-order valence-electron chi connectivity index (χ2n) is 3.68. The minimum absolute atomic E-state index is 0.398. The molecule has 2 rings (SSSR count). The summed E-state index contributed by atoms with van der Waals surface area (Å²) in [5.41, 5.74) is 6.02.